The Morgan fingerprint density at radius 3 is 2.90 bits per heavy atom. The maximum atomic E-state index is 13.7. The van der Waals surface area contributed by atoms with Gasteiger partial charge in [-0.2, -0.15) is 4.39 Å². The summed E-state index contributed by atoms with van der Waals surface area (Å²) in [4.78, 5) is 22.6. The first kappa shape index (κ1) is 12.7. The molecule has 0 amide bonds. The van der Waals surface area contributed by atoms with E-state index in [1.807, 2.05) is 0 Å². The molecule has 3 rings (SSSR count). The van der Waals surface area contributed by atoms with Crippen molar-refractivity contribution in [1.82, 2.24) is 19.5 Å². The van der Waals surface area contributed by atoms with E-state index in [1.165, 1.54) is 22.9 Å². The largest absolute Gasteiger partial charge is 0.478 e. The monoisotopic (exact) mass is 336 g/mol. The zero-order valence-electron chi connectivity index (χ0n) is 9.79. The highest BCUT2D eigenvalue weighted by molar-refractivity contribution is 9.10. The number of aromatic nitrogens is 4. The van der Waals surface area contributed by atoms with Gasteiger partial charge in [-0.1, -0.05) is 0 Å². The fourth-order valence-electron chi connectivity index (χ4n) is 1.84. The topological polar surface area (TPSA) is 80.9 Å². The van der Waals surface area contributed by atoms with E-state index >= 15 is 0 Å². The van der Waals surface area contributed by atoms with Crippen molar-refractivity contribution >= 4 is 32.9 Å². The van der Waals surface area contributed by atoms with Gasteiger partial charge in [-0.25, -0.2) is 19.7 Å². The second kappa shape index (κ2) is 4.64. The average molecular weight is 337 g/mol. The second-order valence-electron chi connectivity index (χ2n) is 3.92. The lowest BCUT2D eigenvalue weighted by molar-refractivity contribution is 0.0696. The van der Waals surface area contributed by atoms with Crippen molar-refractivity contribution in [1.29, 1.82) is 0 Å². The number of hydrogen-bond donors (Lipinski definition) is 1. The molecule has 0 aliphatic rings. The number of carbonyl (C=O) groups is 1. The second-order valence-corrected chi connectivity index (χ2v) is 4.77. The van der Waals surface area contributed by atoms with Crippen LogP contribution in [-0.4, -0.2) is 30.6 Å². The zero-order chi connectivity index (χ0) is 14.3. The van der Waals surface area contributed by atoms with Crippen LogP contribution in [0.15, 0.2) is 35.3 Å². The molecule has 3 aromatic heterocycles. The fraction of sp³-hybridized carbons (Fsp3) is 0. The first-order valence-electron chi connectivity index (χ1n) is 5.44. The molecule has 0 fully saturated rings. The molecule has 100 valence electrons. The lowest BCUT2D eigenvalue weighted by Crippen LogP contribution is -2.02. The Morgan fingerprint density at radius 1 is 1.35 bits per heavy atom. The van der Waals surface area contributed by atoms with Crippen molar-refractivity contribution < 1.29 is 14.3 Å². The van der Waals surface area contributed by atoms with Gasteiger partial charge in [0.2, 0.25) is 5.95 Å². The van der Waals surface area contributed by atoms with Gasteiger partial charge in [-0.05, 0) is 28.1 Å². The van der Waals surface area contributed by atoms with Gasteiger partial charge in [-0.3, -0.25) is 4.57 Å². The van der Waals surface area contributed by atoms with Crippen LogP contribution in [-0.2, 0) is 0 Å². The van der Waals surface area contributed by atoms with Gasteiger partial charge < -0.3 is 5.11 Å². The number of halogens is 2. The van der Waals surface area contributed by atoms with Crippen LogP contribution in [0.2, 0.25) is 0 Å². The van der Waals surface area contributed by atoms with Gasteiger partial charge in [0.25, 0.3) is 0 Å². The molecule has 20 heavy (non-hydrogen) atoms. The Balaban J connectivity index is 2.28. The van der Waals surface area contributed by atoms with Crippen molar-refractivity contribution in [2.24, 2.45) is 0 Å². The van der Waals surface area contributed by atoms with Crippen LogP contribution >= 0.6 is 15.9 Å². The summed E-state index contributed by atoms with van der Waals surface area (Å²) < 4.78 is 15.6. The summed E-state index contributed by atoms with van der Waals surface area (Å²) in [5.41, 5.74) is 0.391. The molecule has 8 heteroatoms. The minimum Gasteiger partial charge on any atom is -0.478 e. The van der Waals surface area contributed by atoms with Crippen LogP contribution in [0.25, 0.3) is 16.9 Å². The third kappa shape index (κ3) is 1.94. The molecule has 6 nitrogen and oxygen atoms in total. The number of carboxylic acid groups (broad SMARTS) is 1. The molecule has 1 N–H and O–H groups in total. The predicted octanol–water partition coefficient (Wildman–Crippen LogP) is 2.42. The number of pyridine rings is 1. The Kier molecular flexibility index (Phi) is 2.94. The summed E-state index contributed by atoms with van der Waals surface area (Å²) in [5.74, 6) is -1.39. The van der Waals surface area contributed by atoms with E-state index in [0.717, 1.165) is 6.33 Å². The number of nitrogens with zero attached hydrogens (tertiary/aromatic N) is 4. The minimum atomic E-state index is -1.06. The van der Waals surface area contributed by atoms with E-state index in [9.17, 15) is 9.18 Å². The van der Waals surface area contributed by atoms with Gasteiger partial charge in [0.1, 0.15) is 12.1 Å². The fourth-order valence-corrected chi connectivity index (χ4v) is 2.39. The molecular formula is C12H6BrFN4O2. The minimum absolute atomic E-state index is 0.0856. The summed E-state index contributed by atoms with van der Waals surface area (Å²) in [7, 11) is 0. The summed E-state index contributed by atoms with van der Waals surface area (Å²) in [6, 6.07) is 2.76. The third-order valence-electron chi connectivity index (χ3n) is 2.73. The first-order valence-corrected chi connectivity index (χ1v) is 6.24. The van der Waals surface area contributed by atoms with Crippen LogP contribution in [0.4, 0.5) is 4.39 Å². The number of aromatic carboxylic acids is 1. The normalized spacial score (nSPS) is 10.9. The van der Waals surface area contributed by atoms with E-state index < -0.39 is 11.9 Å². The van der Waals surface area contributed by atoms with Gasteiger partial charge in [0, 0.05) is 16.9 Å². The van der Waals surface area contributed by atoms with Crippen molar-refractivity contribution in [3.63, 3.8) is 0 Å². The van der Waals surface area contributed by atoms with E-state index in [0.29, 0.717) is 15.9 Å². The Morgan fingerprint density at radius 2 is 2.15 bits per heavy atom. The highest BCUT2D eigenvalue weighted by atomic mass is 79.9. The van der Waals surface area contributed by atoms with Gasteiger partial charge in [0.05, 0.1) is 10.9 Å². The van der Waals surface area contributed by atoms with Gasteiger partial charge in [-0.15, -0.1) is 0 Å². The predicted molar refractivity (Wildman–Crippen MR) is 71.3 cm³/mol. The van der Waals surface area contributed by atoms with E-state index in [2.05, 4.69) is 30.9 Å². The van der Waals surface area contributed by atoms with Gasteiger partial charge in [0.15, 0.2) is 5.65 Å². The summed E-state index contributed by atoms with van der Waals surface area (Å²) in [6.07, 6.45) is 4.04. The van der Waals surface area contributed by atoms with E-state index in [4.69, 9.17) is 5.11 Å². The molecule has 3 heterocycles. The maximum absolute atomic E-state index is 13.7. The van der Waals surface area contributed by atoms with Crippen LogP contribution in [0.1, 0.15) is 10.4 Å². The molecule has 0 unspecified atom stereocenters. The smallest absolute Gasteiger partial charge is 0.335 e. The molecule has 0 saturated carbocycles. The highest BCUT2D eigenvalue weighted by Crippen LogP contribution is 2.28. The molecule has 0 aliphatic heterocycles. The maximum Gasteiger partial charge on any atom is 0.335 e. The summed E-state index contributed by atoms with van der Waals surface area (Å²) in [6.45, 7) is 0. The molecule has 0 radical (unpaired) electrons. The van der Waals surface area contributed by atoms with Crippen LogP contribution in [0.5, 0.6) is 0 Å². The molecule has 0 bridgehead atoms. The van der Waals surface area contributed by atoms with Crippen LogP contribution < -0.4 is 0 Å². The Labute approximate surface area is 120 Å². The SMILES string of the molecule is O=C(O)c1ccnc(-n2cc(Br)c3c(F)ncnc32)c1. The number of fused-ring (bicyclic) bond motifs is 1. The average Bonchev–Trinajstić information content (AvgIpc) is 2.78. The lowest BCUT2D eigenvalue weighted by Gasteiger charge is -2.04. The Bertz CT molecular complexity index is 833. The zero-order valence-corrected chi connectivity index (χ0v) is 11.4. The van der Waals surface area contributed by atoms with Gasteiger partial charge >= 0.3 is 5.97 Å². The molecule has 0 atom stereocenters. The van der Waals surface area contributed by atoms with Crippen LogP contribution in [0, 0.1) is 5.95 Å². The molecule has 3 aromatic rings. The van der Waals surface area contributed by atoms with Crippen LogP contribution in [0.3, 0.4) is 0 Å². The van der Waals surface area contributed by atoms with Crippen molar-refractivity contribution in [2.75, 3.05) is 0 Å². The van der Waals surface area contributed by atoms with Crippen molar-refractivity contribution in [2.45, 2.75) is 0 Å². The molecule has 0 saturated heterocycles. The number of rotatable bonds is 2. The van der Waals surface area contributed by atoms with Crippen molar-refractivity contribution in [3.05, 3.63) is 46.8 Å². The highest BCUT2D eigenvalue weighted by Gasteiger charge is 2.15. The van der Waals surface area contributed by atoms with E-state index in [-0.39, 0.29) is 10.9 Å². The summed E-state index contributed by atoms with van der Waals surface area (Å²) in [5, 5.41) is 9.20. The number of hydrogen-bond acceptors (Lipinski definition) is 4. The third-order valence-corrected chi connectivity index (χ3v) is 3.33. The molecule has 0 spiro atoms. The Hall–Kier alpha value is -2.35. The summed E-state index contributed by atoms with van der Waals surface area (Å²) >= 11 is 3.23. The molecule has 0 aromatic carbocycles. The number of carboxylic acids is 1. The molecule has 0 aliphatic carbocycles. The lowest BCUT2D eigenvalue weighted by atomic mass is 10.2. The first-order chi connectivity index (χ1) is 9.58. The van der Waals surface area contributed by atoms with Crippen molar-refractivity contribution in [3.8, 4) is 5.82 Å². The standard InChI is InChI=1S/C12H6BrFN4O2/c13-7-4-18(11-9(7)10(14)16-5-17-11)8-3-6(12(19)20)1-2-15-8/h1-5H,(H,19,20). The van der Waals surface area contributed by atoms with E-state index in [1.54, 1.807) is 6.20 Å². The molecular weight excluding hydrogens is 331 g/mol. The quantitative estimate of drug-likeness (QED) is 0.727.